The molecular formula is C19H15N5O4. The number of rotatable bonds is 3. The third-order valence-corrected chi connectivity index (χ3v) is 4.59. The van der Waals surface area contributed by atoms with E-state index in [-0.39, 0.29) is 12.7 Å². The van der Waals surface area contributed by atoms with Crippen molar-refractivity contribution in [1.29, 1.82) is 0 Å². The van der Waals surface area contributed by atoms with Crippen molar-refractivity contribution >= 4 is 22.8 Å². The lowest BCUT2D eigenvalue weighted by atomic mass is 10.0. The molecule has 9 heteroatoms. The maximum atomic E-state index is 13.0. The molecule has 5 rings (SSSR count). The molecule has 28 heavy (non-hydrogen) atoms. The monoisotopic (exact) mass is 377 g/mol. The number of hydrogen-bond acceptors (Lipinski definition) is 7. The smallest absolute Gasteiger partial charge is 0.259 e. The molecule has 4 heterocycles. The SMILES string of the molecule is Cc1noc2nc(-c3ccc4c(c3)OCO4)cc(C(=O)Nc3ccnn3C)c12. The molecule has 0 saturated carbocycles. The van der Waals surface area contributed by atoms with E-state index in [1.165, 1.54) is 0 Å². The molecule has 0 fully saturated rings. The standard InChI is InChI=1S/C19H15N5O4/c1-10-17-12(18(25)22-16-5-6-20-24(16)2)8-13(21-19(17)28-23-10)11-3-4-14-15(7-11)27-9-26-14/h3-8H,9H2,1-2H3,(H,22,25). The molecule has 4 aromatic rings. The molecule has 1 N–H and O–H groups in total. The van der Waals surface area contributed by atoms with Crippen LogP contribution in [0.5, 0.6) is 11.5 Å². The van der Waals surface area contributed by atoms with Gasteiger partial charge in [-0.3, -0.25) is 9.48 Å². The van der Waals surface area contributed by atoms with Crippen molar-refractivity contribution < 1.29 is 18.8 Å². The van der Waals surface area contributed by atoms with Crippen LogP contribution in [0.3, 0.4) is 0 Å². The van der Waals surface area contributed by atoms with Gasteiger partial charge in [-0.2, -0.15) is 5.10 Å². The van der Waals surface area contributed by atoms with Gasteiger partial charge in [0.25, 0.3) is 11.6 Å². The minimum Gasteiger partial charge on any atom is -0.454 e. The van der Waals surface area contributed by atoms with E-state index in [2.05, 4.69) is 20.6 Å². The van der Waals surface area contributed by atoms with E-state index in [0.29, 0.717) is 45.4 Å². The van der Waals surface area contributed by atoms with Gasteiger partial charge in [0.2, 0.25) is 6.79 Å². The lowest BCUT2D eigenvalue weighted by molar-refractivity contribution is 0.102. The van der Waals surface area contributed by atoms with Crippen molar-refractivity contribution in [2.24, 2.45) is 7.05 Å². The summed E-state index contributed by atoms with van der Waals surface area (Å²) in [6.07, 6.45) is 1.61. The molecule has 1 aliphatic rings. The van der Waals surface area contributed by atoms with Crippen LogP contribution in [-0.4, -0.2) is 32.6 Å². The van der Waals surface area contributed by atoms with Crippen LogP contribution in [0.2, 0.25) is 0 Å². The molecule has 0 atom stereocenters. The lowest BCUT2D eigenvalue weighted by Gasteiger charge is -2.09. The highest BCUT2D eigenvalue weighted by atomic mass is 16.7. The fourth-order valence-electron chi connectivity index (χ4n) is 3.16. The Morgan fingerprint density at radius 2 is 2.04 bits per heavy atom. The molecule has 1 amide bonds. The van der Waals surface area contributed by atoms with Gasteiger partial charge in [-0.15, -0.1) is 0 Å². The fraction of sp³-hybridized carbons (Fsp3) is 0.158. The highest BCUT2D eigenvalue weighted by molar-refractivity contribution is 6.12. The van der Waals surface area contributed by atoms with Crippen LogP contribution in [0, 0.1) is 6.92 Å². The Balaban J connectivity index is 1.62. The zero-order valence-corrected chi connectivity index (χ0v) is 15.1. The van der Waals surface area contributed by atoms with Crippen molar-refractivity contribution in [2.75, 3.05) is 12.1 Å². The number of fused-ring (bicyclic) bond motifs is 2. The second-order valence-corrected chi connectivity index (χ2v) is 6.37. The van der Waals surface area contributed by atoms with Gasteiger partial charge in [0.1, 0.15) is 5.82 Å². The average Bonchev–Trinajstić information content (AvgIpc) is 3.41. The summed E-state index contributed by atoms with van der Waals surface area (Å²) in [6.45, 7) is 1.96. The lowest BCUT2D eigenvalue weighted by Crippen LogP contribution is -2.15. The number of pyridine rings is 1. The van der Waals surface area contributed by atoms with E-state index in [4.69, 9.17) is 14.0 Å². The van der Waals surface area contributed by atoms with E-state index in [0.717, 1.165) is 5.56 Å². The predicted octanol–water partition coefficient (Wildman–Crippen LogP) is 2.91. The number of aryl methyl sites for hydroxylation is 2. The number of anilines is 1. The van der Waals surface area contributed by atoms with E-state index in [9.17, 15) is 4.79 Å². The Bertz CT molecular complexity index is 1230. The van der Waals surface area contributed by atoms with Crippen LogP contribution >= 0.6 is 0 Å². The Morgan fingerprint density at radius 1 is 1.18 bits per heavy atom. The summed E-state index contributed by atoms with van der Waals surface area (Å²) in [4.78, 5) is 17.5. The topological polar surface area (TPSA) is 104 Å². The number of carbonyl (C=O) groups is 1. The van der Waals surface area contributed by atoms with Crippen LogP contribution in [0.1, 0.15) is 16.1 Å². The number of amides is 1. The Hall–Kier alpha value is -3.88. The normalized spacial score (nSPS) is 12.5. The van der Waals surface area contributed by atoms with Gasteiger partial charge in [-0.25, -0.2) is 4.98 Å². The Labute approximate surface area is 158 Å². The van der Waals surface area contributed by atoms with Crippen molar-refractivity contribution in [3.63, 3.8) is 0 Å². The van der Waals surface area contributed by atoms with Crippen molar-refractivity contribution in [2.45, 2.75) is 6.92 Å². The minimum atomic E-state index is -0.302. The average molecular weight is 377 g/mol. The number of nitrogens with zero attached hydrogens (tertiary/aromatic N) is 4. The molecule has 1 aliphatic heterocycles. The summed E-state index contributed by atoms with van der Waals surface area (Å²) in [7, 11) is 1.75. The highest BCUT2D eigenvalue weighted by Gasteiger charge is 2.21. The number of hydrogen-bond donors (Lipinski definition) is 1. The number of nitrogens with one attached hydrogen (secondary N) is 1. The molecule has 9 nitrogen and oxygen atoms in total. The van der Waals surface area contributed by atoms with E-state index in [1.54, 1.807) is 37.0 Å². The first-order chi connectivity index (χ1) is 13.6. The Morgan fingerprint density at radius 3 is 2.86 bits per heavy atom. The van der Waals surface area contributed by atoms with Gasteiger partial charge >= 0.3 is 0 Å². The summed E-state index contributed by atoms with van der Waals surface area (Å²) in [5, 5.41) is 11.5. The minimum absolute atomic E-state index is 0.185. The number of carbonyl (C=O) groups excluding carboxylic acids is 1. The van der Waals surface area contributed by atoms with Crippen molar-refractivity contribution in [1.82, 2.24) is 19.9 Å². The third-order valence-electron chi connectivity index (χ3n) is 4.59. The second-order valence-electron chi connectivity index (χ2n) is 6.37. The van der Waals surface area contributed by atoms with Crippen LogP contribution in [0.25, 0.3) is 22.4 Å². The largest absolute Gasteiger partial charge is 0.454 e. The maximum Gasteiger partial charge on any atom is 0.259 e. The molecule has 0 saturated heterocycles. The quantitative estimate of drug-likeness (QED) is 0.585. The van der Waals surface area contributed by atoms with E-state index < -0.39 is 0 Å². The maximum absolute atomic E-state index is 13.0. The highest BCUT2D eigenvalue weighted by Crippen LogP contribution is 2.36. The molecule has 1 aromatic carbocycles. The first-order valence-electron chi connectivity index (χ1n) is 8.56. The third kappa shape index (κ3) is 2.56. The first-order valence-corrected chi connectivity index (χ1v) is 8.56. The molecule has 3 aromatic heterocycles. The number of aromatic nitrogens is 4. The van der Waals surface area contributed by atoms with E-state index in [1.807, 2.05) is 18.2 Å². The van der Waals surface area contributed by atoms with Crippen LogP contribution < -0.4 is 14.8 Å². The van der Waals surface area contributed by atoms with Gasteiger partial charge in [0, 0.05) is 18.7 Å². The number of ether oxygens (including phenoxy) is 2. The zero-order valence-electron chi connectivity index (χ0n) is 15.1. The van der Waals surface area contributed by atoms with Gasteiger partial charge in [-0.05, 0) is 31.2 Å². The van der Waals surface area contributed by atoms with Crippen LogP contribution in [0.15, 0.2) is 41.1 Å². The van der Waals surface area contributed by atoms with Crippen LogP contribution in [-0.2, 0) is 7.05 Å². The van der Waals surface area contributed by atoms with Gasteiger partial charge < -0.3 is 19.3 Å². The van der Waals surface area contributed by atoms with E-state index >= 15 is 0 Å². The first kappa shape index (κ1) is 16.3. The predicted molar refractivity (Wildman–Crippen MR) is 99.3 cm³/mol. The summed E-state index contributed by atoms with van der Waals surface area (Å²) in [5.41, 5.74) is 2.64. The molecule has 0 spiro atoms. The molecular weight excluding hydrogens is 362 g/mol. The summed E-state index contributed by atoms with van der Waals surface area (Å²) in [5.74, 6) is 1.58. The molecule has 0 unspecified atom stereocenters. The van der Waals surface area contributed by atoms with Crippen molar-refractivity contribution in [3.8, 4) is 22.8 Å². The van der Waals surface area contributed by atoms with Crippen LogP contribution in [0.4, 0.5) is 5.82 Å². The molecule has 0 aliphatic carbocycles. The molecule has 0 bridgehead atoms. The fourth-order valence-corrected chi connectivity index (χ4v) is 3.16. The van der Waals surface area contributed by atoms with Gasteiger partial charge in [0.05, 0.1) is 28.5 Å². The second kappa shape index (κ2) is 6.08. The number of benzene rings is 1. The zero-order chi connectivity index (χ0) is 19.3. The van der Waals surface area contributed by atoms with Crippen molar-refractivity contribution in [3.05, 3.63) is 47.8 Å². The molecule has 140 valence electrons. The summed E-state index contributed by atoms with van der Waals surface area (Å²) >= 11 is 0. The summed E-state index contributed by atoms with van der Waals surface area (Å²) < 4.78 is 17.7. The molecule has 0 radical (unpaired) electrons. The van der Waals surface area contributed by atoms with Gasteiger partial charge in [-0.1, -0.05) is 5.16 Å². The Kier molecular flexibility index (Phi) is 3.54. The van der Waals surface area contributed by atoms with Gasteiger partial charge in [0.15, 0.2) is 11.5 Å². The summed E-state index contributed by atoms with van der Waals surface area (Å²) in [6, 6.07) is 8.92.